The Labute approximate surface area is 143 Å². The van der Waals surface area contributed by atoms with Crippen LogP contribution in [0.5, 0.6) is 0 Å². The molecule has 0 saturated heterocycles. The van der Waals surface area contributed by atoms with Crippen molar-refractivity contribution in [1.29, 1.82) is 0 Å². The van der Waals surface area contributed by atoms with Gasteiger partial charge in [0.15, 0.2) is 0 Å². The second-order valence-electron chi connectivity index (χ2n) is 7.01. The molecule has 22 heavy (non-hydrogen) atoms. The second-order valence-corrected chi connectivity index (χ2v) is 7.92. The lowest BCUT2D eigenvalue weighted by Crippen LogP contribution is -2.15. The topological polar surface area (TPSA) is 0 Å². The summed E-state index contributed by atoms with van der Waals surface area (Å²) in [6.07, 6.45) is 6.54. The van der Waals surface area contributed by atoms with E-state index in [0.717, 1.165) is 0 Å². The molecule has 1 heteroatoms. The number of aryl methyl sites for hydroxylation is 1. The molecule has 3 rings (SSSR count). The van der Waals surface area contributed by atoms with Crippen LogP contribution in [0, 0.1) is 0 Å². The van der Waals surface area contributed by atoms with E-state index in [-0.39, 0.29) is 5.41 Å². The maximum absolute atomic E-state index is 3.62. The maximum atomic E-state index is 3.62. The van der Waals surface area contributed by atoms with Gasteiger partial charge in [-0.25, -0.2) is 0 Å². The van der Waals surface area contributed by atoms with Crippen LogP contribution < -0.4 is 0 Å². The lowest BCUT2D eigenvalue weighted by atomic mass is 9.82. The molecular formula is C21H25Br. The number of fused-ring (bicyclic) bond motifs is 3. The highest BCUT2D eigenvalue weighted by Gasteiger charge is 2.35. The van der Waals surface area contributed by atoms with Crippen LogP contribution in [0.2, 0.25) is 0 Å². The summed E-state index contributed by atoms with van der Waals surface area (Å²) < 4.78 is 1.17. The van der Waals surface area contributed by atoms with Crippen molar-refractivity contribution in [3.8, 4) is 11.1 Å². The van der Waals surface area contributed by atoms with E-state index in [9.17, 15) is 0 Å². The maximum Gasteiger partial charge on any atom is 0.0178 e. The Kier molecular flexibility index (Phi) is 4.45. The fourth-order valence-corrected chi connectivity index (χ4v) is 4.03. The minimum atomic E-state index is 0.105. The molecule has 1 aliphatic rings. The summed E-state index contributed by atoms with van der Waals surface area (Å²) in [5.74, 6) is 0. The van der Waals surface area contributed by atoms with Gasteiger partial charge >= 0.3 is 0 Å². The highest BCUT2D eigenvalue weighted by atomic mass is 79.9. The molecule has 0 aromatic heterocycles. The molecule has 0 radical (unpaired) electrons. The van der Waals surface area contributed by atoms with Crippen molar-refractivity contribution < 1.29 is 0 Å². The Morgan fingerprint density at radius 2 is 1.55 bits per heavy atom. The number of hydrogen-bond donors (Lipinski definition) is 0. The zero-order valence-electron chi connectivity index (χ0n) is 13.9. The molecule has 0 nitrogen and oxygen atoms in total. The minimum absolute atomic E-state index is 0.105. The van der Waals surface area contributed by atoms with Crippen molar-refractivity contribution >= 4 is 15.9 Å². The van der Waals surface area contributed by atoms with Gasteiger partial charge in [-0.05, 0) is 52.8 Å². The van der Waals surface area contributed by atoms with Crippen LogP contribution in [0.25, 0.3) is 11.1 Å². The van der Waals surface area contributed by atoms with Gasteiger partial charge in [0.1, 0.15) is 0 Å². The van der Waals surface area contributed by atoms with Gasteiger partial charge < -0.3 is 0 Å². The molecule has 116 valence electrons. The summed E-state index contributed by atoms with van der Waals surface area (Å²) in [7, 11) is 0. The van der Waals surface area contributed by atoms with Crippen LogP contribution in [0.3, 0.4) is 0 Å². The van der Waals surface area contributed by atoms with E-state index in [1.54, 1.807) is 0 Å². The molecule has 0 aliphatic heterocycles. The van der Waals surface area contributed by atoms with E-state index in [1.807, 2.05) is 0 Å². The predicted molar refractivity (Wildman–Crippen MR) is 99.6 cm³/mol. The van der Waals surface area contributed by atoms with Crippen LogP contribution in [-0.2, 0) is 11.8 Å². The second kappa shape index (κ2) is 6.20. The highest BCUT2D eigenvalue weighted by Crippen LogP contribution is 2.49. The number of unbranched alkanes of at least 4 members (excludes halogenated alkanes) is 3. The Bertz CT molecular complexity index is 682. The average Bonchev–Trinajstić information content (AvgIpc) is 2.72. The average molecular weight is 357 g/mol. The molecule has 0 heterocycles. The van der Waals surface area contributed by atoms with Crippen LogP contribution >= 0.6 is 15.9 Å². The first-order valence-corrected chi connectivity index (χ1v) is 9.27. The van der Waals surface area contributed by atoms with Crippen molar-refractivity contribution in [1.82, 2.24) is 0 Å². The number of halogens is 1. The lowest BCUT2D eigenvalue weighted by Gasteiger charge is -2.22. The number of rotatable bonds is 5. The quantitative estimate of drug-likeness (QED) is 0.512. The monoisotopic (exact) mass is 356 g/mol. The molecular weight excluding hydrogens is 332 g/mol. The summed E-state index contributed by atoms with van der Waals surface area (Å²) in [6.45, 7) is 6.98. The van der Waals surface area contributed by atoms with E-state index < -0.39 is 0 Å². The molecule has 2 aromatic carbocycles. The Morgan fingerprint density at radius 3 is 2.27 bits per heavy atom. The predicted octanol–water partition coefficient (Wildman–Crippen LogP) is 6.88. The molecule has 0 N–H and O–H groups in total. The first kappa shape index (κ1) is 15.8. The highest BCUT2D eigenvalue weighted by molar-refractivity contribution is 9.10. The van der Waals surface area contributed by atoms with Gasteiger partial charge in [0.25, 0.3) is 0 Å². The van der Waals surface area contributed by atoms with Crippen molar-refractivity contribution in [2.45, 2.75) is 58.3 Å². The Balaban J connectivity index is 1.91. The van der Waals surface area contributed by atoms with Crippen LogP contribution in [-0.4, -0.2) is 0 Å². The third-order valence-corrected chi connectivity index (χ3v) is 5.51. The van der Waals surface area contributed by atoms with Crippen molar-refractivity contribution in [2.24, 2.45) is 0 Å². The third-order valence-electron chi connectivity index (χ3n) is 5.02. The van der Waals surface area contributed by atoms with Gasteiger partial charge in [0.05, 0.1) is 0 Å². The molecule has 0 bridgehead atoms. The molecule has 1 aliphatic carbocycles. The number of benzene rings is 2. The van der Waals surface area contributed by atoms with Crippen molar-refractivity contribution in [2.75, 3.05) is 0 Å². The van der Waals surface area contributed by atoms with Crippen LogP contribution in [0.4, 0.5) is 0 Å². The van der Waals surface area contributed by atoms with Gasteiger partial charge in [0, 0.05) is 9.89 Å². The van der Waals surface area contributed by atoms with Gasteiger partial charge in [-0.3, -0.25) is 0 Å². The molecule has 0 fully saturated rings. The van der Waals surface area contributed by atoms with Crippen molar-refractivity contribution in [3.05, 3.63) is 57.6 Å². The van der Waals surface area contributed by atoms with Crippen LogP contribution in [0.1, 0.15) is 63.1 Å². The van der Waals surface area contributed by atoms with Gasteiger partial charge in [-0.2, -0.15) is 0 Å². The molecule has 0 unspecified atom stereocenters. The normalized spacial score (nSPS) is 14.7. The molecule has 2 aromatic rings. The fourth-order valence-electron chi connectivity index (χ4n) is 3.67. The zero-order valence-corrected chi connectivity index (χ0v) is 15.5. The van der Waals surface area contributed by atoms with Crippen molar-refractivity contribution in [3.63, 3.8) is 0 Å². The Morgan fingerprint density at radius 1 is 0.864 bits per heavy atom. The molecule has 0 saturated carbocycles. The molecule has 0 atom stereocenters. The summed E-state index contributed by atoms with van der Waals surface area (Å²) in [5, 5.41) is 0. The summed E-state index contributed by atoms with van der Waals surface area (Å²) >= 11 is 3.62. The van der Waals surface area contributed by atoms with E-state index >= 15 is 0 Å². The smallest absolute Gasteiger partial charge is 0.0178 e. The SMILES string of the molecule is CCCCCCc1ccc2c(c1)C(C)(C)c1cc(Br)ccc1-2. The summed E-state index contributed by atoms with van der Waals surface area (Å²) in [6, 6.07) is 13.8. The zero-order chi connectivity index (χ0) is 15.7. The van der Waals surface area contributed by atoms with E-state index in [1.165, 1.54) is 64.4 Å². The van der Waals surface area contributed by atoms with Gasteiger partial charge in [-0.15, -0.1) is 0 Å². The van der Waals surface area contributed by atoms with E-state index in [2.05, 4.69) is 73.1 Å². The minimum Gasteiger partial charge on any atom is -0.0654 e. The van der Waals surface area contributed by atoms with Gasteiger partial charge in [0.2, 0.25) is 0 Å². The van der Waals surface area contributed by atoms with Crippen LogP contribution in [0.15, 0.2) is 40.9 Å². The first-order chi connectivity index (χ1) is 10.5. The number of hydrogen-bond acceptors (Lipinski definition) is 0. The first-order valence-electron chi connectivity index (χ1n) is 8.48. The standard InChI is InChI=1S/C21H25Br/c1-4-5-6-7-8-15-9-11-17-18-12-10-16(22)14-20(18)21(2,3)19(17)13-15/h9-14H,4-8H2,1-3H3. The fraction of sp³-hybridized carbons (Fsp3) is 0.429. The van der Waals surface area contributed by atoms with Gasteiger partial charge in [-0.1, -0.05) is 80.2 Å². The molecule has 0 spiro atoms. The third kappa shape index (κ3) is 2.76. The largest absolute Gasteiger partial charge is 0.0654 e. The summed E-state index contributed by atoms with van der Waals surface area (Å²) in [4.78, 5) is 0. The Hall–Kier alpha value is -1.08. The van der Waals surface area contributed by atoms with E-state index in [4.69, 9.17) is 0 Å². The summed E-state index contributed by atoms with van der Waals surface area (Å²) in [5.41, 5.74) is 7.36. The lowest BCUT2D eigenvalue weighted by molar-refractivity contribution is 0.651. The van der Waals surface area contributed by atoms with E-state index in [0.29, 0.717) is 0 Å². The molecule has 0 amide bonds.